The summed E-state index contributed by atoms with van der Waals surface area (Å²) >= 11 is 0. The van der Waals surface area contributed by atoms with Gasteiger partial charge in [-0.3, -0.25) is 19.3 Å². The highest BCUT2D eigenvalue weighted by atomic mass is 16.3. The van der Waals surface area contributed by atoms with Crippen LogP contribution in [0.3, 0.4) is 0 Å². The largest absolute Gasteiger partial charge is 0.508 e. The Morgan fingerprint density at radius 2 is 2.00 bits per heavy atom. The average molecular weight is 413 g/mol. The Morgan fingerprint density at radius 3 is 2.63 bits per heavy atom. The van der Waals surface area contributed by atoms with Gasteiger partial charge in [-0.05, 0) is 31.2 Å². The summed E-state index contributed by atoms with van der Waals surface area (Å²) in [5.74, 6) is 0.524. The summed E-state index contributed by atoms with van der Waals surface area (Å²) in [6, 6.07) is 6.06. The number of aromatic hydroxyl groups is 1. The van der Waals surface area contributed by atoms with Gasteiger partial charge < -0.3 is 25.5 Å². The normalized spacial score (nSPS) is 14.7. The SMILES string of the molecule is CCNC(=NCCNC(=O)c1ccc(O)cc1)N1CCN(c2cnn(C)c2)C(=O)C1. The van der Waals surface area contributed by atoms with Gasteiger partial charge in [0.25, 0.3) is 5.91 Å². The maximum Gasteiger partial charge on any atom is 0.251 e. The zero-order valence-corrected chi connectivity index (χ0v) is 17.2. The number of hydrogen-bond donors (Lipinski definition) is 3. The molecule has 1 fully saturated rings. The lowest BCUT2D eigenvalue weighted by Gasteiger charge is -2.35. The minimum absolute atomic E-state index is 0.0134. The van der Waals surface area contributed by atoms with E-state index in [1.807, 2.05) is 25.1 Å². The van der Waals surface area contributed by atoms with E-state index in [0.29, 0.717) is 44.2 Å². The van der Waals surface area contributed by atoms with Crippen LogP contribution in [0.5, 0.6) is 5.75 Å². The highest BCUT2D eigenvalue weighted by Gasteiger charge is 2.27. The summed E-state index contributed by atoms with van der Waals surface area (Å²) in [5.41, 5.74) is 1.27. The molecule has 1 aromatic heterocycles. The molecule has 2 amide bonds. The van der Waals surface area contributed by atoms with Crippen LogP contribution < -0.4 is 15.5 Å². The Labute approximate surface area is 175 Å². The van der Waals surface area contributed by atoms with Crippen LogP contribution in [0.25, 0.3) is 0 Å². The zero-order chi connectivity index (χ0) is 21.5. The smallest absolute Gasteiger partial charge is 0.251 e. The molecule has 3 N–H and O–H groups in total. The number of hydrogen-bond acceptors (Lipinski definition) is 5. The van der Waals surface area contributed by atoms with E-state index in [1.54, 1.807) is 27.9 Å². The molecule has 0 aliphatic carbocycles. The van der Waals surface area contributed by atoms with Gasteiger partial charge in [-0.15, -0.1) is 0 Å². The van der Waals surface area contributed by atoms with Crippen molar-refractivity contribution in [2.24, 2.45) is 12.0 Å². The standard InChI is InChI=1S/C20H27N7O3/c1-3-21-20(23-9-8-22-19(30)15-4-6-17(28)7-5-15)26-10-11-27(18(29)14-26)16-12-24-25(2)13-16/h4-7,12-13,28H,3,8-11,14H2,1-2H3,(H,21,23)(H,22,30). The zero-order valence-electron chi connectivity index (χ0n) is 17.2. The molecule has 10 nitrogen and oxygen atoms in total. The third kappa shape index (κ3) is 5.28. The fourth-order valence-corrected chi connectivity index (χ4v) is 3.15. The van der Waals surface area contributed by atoms with Crippen molar-refractivity contribution >= 4 is 23.5 Å². The van der Waals surface area contributed by atoms with Crippen molar-refractivity contribution in [3.63, 3.8) is 0 Å². The van der Waals surface area contributed by atoms with Gasteiger partial charge in [-0.1, -0.05) is 0 Å². The number of carbonyl (C=O) groups excluding carboxylic acids is 2. The summed E-state index contributed by atoms with van der Waals surface area (Å²) in [4.78, 5) is 32.9. The molecule has 1 aliphatic rings. The molecule has 1 aliphatic heterocycles. The first-order valence-corrected chi connectivity index (χ1v) is 9.87. The third-order valence-corrected chi connectivity index (χ3v) is 4.65. The topological polar surface area (TPSA) is 115 Å². The molecular weight excluding hydrogens is 386 g/mol. The van der Waals surface area contributed by atoms with Crippen molar-refractivity contribution in [2.45, 2.75) is 6.92 Å². The van der Waals surface area contributed by atoms with E-state index in [4.69, 9.17) is 0 Å². The molecule has 2 heterocycles. The van der Waals surface area contributed by atoms with Crippen molar-refractivity contribution in [1.82, 2.24) is 25.3 Å². The van der Waals surface area contributed by atoms with Crippen LogP contribution in [-0.2, 0) is 11.8 Å². The Kier molecular flexibility index (Phi) is 6.89. The summed E-state index contributed by atoms with van der Waals surface area (Å²) in [5, 5.41) is 19.4. The minimum Gasteiger partial charge on any atom is -0.508 e. The summed E-state index contributed by atoms with van der Waals surface area (Å²) in [7, 11) is 1.82. The second-order valence-corrected chi connectivity index (χ2v) is 6.88. The van der Waals surface area contributed by atoms with Gasteiger partial charge in [0.2, 0.25) is 5.91 Å². The molecule has 0 saturated carbocycles. The number of guanidine groups is 1. The first kappa shape index (κ1) is 21.2. The lowest BCUT2D eigenvalue weighted by molar-refractivity contribution is -0.120. The molecule has 2 aromatic rings. The number of aliphatic imine (C=N–C) groups is 1. The van der Waals surface area contributed by atoms with Crippen LogP contribution in [0.4, 0.5) is 5.69 Å². The van der Waals surface area contributed by atoms with Gasteiger partial charge in [0, 0.05) is 45.0 Å². The van der Waals surface area contributed by atoms with E-state index in [0.717, 1.165) is 5.69 Å². The molecular formula is C20H27N7O3. The van der Waals surface area contributed by atoms with E-state index >= 15 is 0 Å². The van der Waals surface area contributed by atoms with E-state index in [1.165, 1.54) is 12.1 Å². The van der Waals surface area contributed by atoms with Crippen LogP contribution >= 0.6 is 0 Å². The number of amides is 2. The number of phenols is 1. The van der Waals surface area contributed by atoms with Gasteiger partial charge in [0.1, 0.15) is 12.3 Å². The Balaban J connectivity index is 1.53. The van der Waals surface area contributed by atoms with Crippen molar-refractivity contribution in [3.05, 3.63) is 42.2 Å². The summed E-state index contributed by atoms with van der Waals surface area (Å²) in [6.45, 7) is 4.80. The number of aromatic nitrogens is 2. The number of carbonyl (C=O) groups is 2. The van der Waals surface area contributed by atoms with Crippen LogP contribution in [0.15, 0.2) is 41.7 Å². The lowest BCUT2D eigenvalue weighted by atomic mass is 10.2. The highest BCUT2D eigenvalue weighted by Crippen LogP contribution is 2.16. The number of rotatable bonds is 6. The van der Waals surface area contributed by atoms with Crippen molar-refractivity contribution < 1.29 is 14.7 Å². The molecule has 160 valence electrons. The molecule has 3 rings (SSSR count). The second-order valence-electron chi connectivity index (χ2n) is 6.88. The maximum atomic E-state index is 12.6. The van der Waals surface area contributed by atoms with Crippen molar-refractivity contribution in [2.75, 3.05) is 44.2 Å². The number of piperazine rings is 1. The van der Waals surface area contributed by atoms with Gasteiger partial charge >= 0.3 is 0 Å². The minimum atomic E-state index is -0.226. The van der Waals surface area contributed by atoms with Crippen molar-refractivity contribution in [1.29, 1.82) is 0 Å². The van der Waals surface area contributed by atoms with Gasteiger partial charge in [-0.25, -0.2) is 0 Å². The molecule has 1 aromatic carbocycles. The van der Waals surface area contributed by atoms with E-state index < -0.39 is 0 Å². The van der Waals surface area contributed by atoms with E-state index in [9.17, 15) is 14.7 Å². The Hall–Kier alpha value is -3.56. The number of nitrogens with zero attached hydrogens (tertiary/aromatic N) is 5. The molecule has 0 unspecified atom stereocenters. The lowest BCUT2D eigenvalue weighted by Crippen LogP contribution is -2.55. The molecule has 10 heteroatoms. The quantitative estimate of drug-likeness (QED) is 0.353. The number of nitrogens with one attached hydrogen (secondary N) is 2. The van der Waals surface area contributed by atoms with Crippen molar-refractivity contribution in [3.8, 4) is 5.75 Å². The van der Waals surface area contributed by atoms with Crippen LogP contribution in [0.2, 0.25) is 0 Å². The predicted molar refractivity (Wildman–Crippen MR) is 114 cm³/mol. The first-order chi connectivity index (χ1) is 14.5. The predicted octanol–water partition coefficient (Wildman–Crippen LogP) is 0.170. The molecule has 1 saturated heterocycles. The fourth-order valence-electron chi connectivity index (χ4n) is 3.15. The molecule has 0 spiro atoms. The average Bonchev–Trinajstić information content (AvgIpc) is 3.16. The second kappa shape index (κ2) is 9.77. The molecule has 0 radical (unpaired) electrons. The van der Waals surface area contributed by atoms with Crippen LogP contribution in [0.1, 0.15) is 17.3 Å². The van der Waals surface area contributed by atoms with Gasteiger partial charge in [0.15, 0.2) is 5.96 Å². The molecule has 30 heavy (non-hydrogen) atoms. The van der Waals surface area contributed by atoms with Crippen LogP contribution in [0, 0.1) is 0 Å². The van der Waals surface area contributed by atoms with Gasteiger partial charge in [-0.2, -0.15) is 5.10 Å². The number of anilines is 1. The number of phenolic OH excluding ortho intramolecular Hbond substituents is 1. The Bertz CT molecular complexity index is 907. The molecule has 0 bridgehead atoms. The van der Waals surface area contributed by atoms with Crippen LogP contribution in [-0.4, -0.2) is 76.8 Å². The van der Waals surface area contributed by atoms with E-state index in [-0.39, 0.29) is 24.1 Å². The summed E-state index contributed by atoms with van der Waals surface area (Å²) < 4.78 is 1.67. The maximum absolute atomic E-state index is 12.6. The van der Waals surface area contributed by atoms with E-state index in [2.05, 4.69) is 20.7 Å². The number of benzene rings is 1. The Morgan fingerprint density at radius 1 is 1.23 bits per heavy atom. The highest BCUT2D eigenvalue weighted by molar-refractivity contribution is 5.98. The third-order valence-electron chi connectivity index (χ3n) is 4.65. The number of aryl methyl sites for hydroxylation is 1. The van der Waals surface area contributed by atoms with Gasteiger partial charge in [0.05, 0.1) is 18.4 Å². The first-order valence-electron chi connectivity index (χ1n) is 9.87. The fraction of sp³-hybridized carbons (Fsp3) is 0.400. The summed E-state index contributed by atoms with van der Waals surface area (Å²) in [6.07, 6.45) is 3.51. The monoisotopic (exact) mass is 413 g/mol. The molecule has 0 atom stereocenters.